The maximum absolute atomic E-state index is 12.7. The second-order valence-corrected chi connectivity index (χ2v) is 7.12. The number of urea groups is 1. The quantitative estimate of drug-likeness (QED) is 0.918. The molecule has 6 heteroatoms. The van der Waals surface area contributed by atoms with Crippen LogP contribution in [-0.4, -0.2) is 52.9 Å². The van der Waals surface area contributed by atoms with E-state index < -0.39 is 0 Å². The molecule has 2 amide bonds. The highest BCUT2D eigenvalue weighted by Crippen LogP contribution is 2.15. The van der Waals surface area contributed by atoms with Gasteiger partial charge in [0.25, 0.3) is 0 Å². The van der Waals surface area contributed by atoms with Crippen LogP contribution in [0.2, 0.25) is 0 Å². The molecule has 1 aliphatic heterocycles. The maximum Gasteiger partial charge on any atom is 0.317 e. The molecular weight excluding hydrogens is 326 g/mol. The summed E-state index contributed by atoms with van der Waals surface area (Å²) >= 11 is 0. The summed E-state index contributed by atoms with van der Waals surface area (Å²) in [7, 11) is 0. The molecule has 140 valence electrons. The summed E-state index contributed by atoms with van der Waals surface area (Å²) in [5.74, 6) is 0. The number of aryl methyl sites for hydroxylation is 2. The highest BCUT2D eigenvalue weighted by molar-refractivity contribution is 5.74. The number of hydrogen-bond acceptors (Lipinski definition) is 3. The van der Waals surface area contributed by atoms with Crippen molar-refractivity contribution >= 4 is 11.7 Å². The van der Waals surface area contributed by atoms with E-state index in [2.05, 4.69) is 45.6 Å². The number of nitrogens with one attached hydrogen (secondary N) is 1. The zero-order chi connectivity index (χ0) is 18.5. The van der Waals surface area contributed by atoms with Gasteiger partial charge in [0.2, 0.25) is 0 Å². The van der Waals surface area contributed by atoms with Crippen LogP contribution in [-0.2, 0) is 6.54 Å². The number of nitrogens with zero attached hydrogens (tertiary/aromatic N) is 4. The summed E-state index contributed by atoms with van der Waals surface area (Å²) in [6.45, 7) is 10.1. The predicted octanol–water partition coefficient (Wildman–Crippen LogP) is 2.81. The Hall–Kier alpha value is -2.50. The molecule has 0 spiro atoms. The van der Waals surface area contributed by atoms with Crippen molar-refractivity contribution in [3.05, 3.63) is 47.8 Å². The van der Waals surface area contributed by atoms with Gasteiger partial charge in [0.15, 0.2) is 0 Å². The lowest BCUT2D eigenvalue weighted by atomic mass is 10.3. The largest absolute Gasteiger partial charge is 0.370 e. The molecule has 1 aliphatic rings. The van der Waals surface area contributed by atoms with Gasteiger partial charge in [0, 0.05) is 43.6 Å². The molecule has 1 aromatic carbocycles. The molecule has 0 radical (unpaired) electrons. The first-order valence-corrected chi connectivity index (χ1v) is 9.39. The smallest absolute Gasteiger partial charge is 0.317 e. The van der Waals surface area contributed by atoms with Crippen LogP contribution in [0.5, 0.6) is 0 Å². The normalized spacial score (nSPS) is 16.3. The van der Waals surface area contributed by atoms with Gasteiger partial charge in [-0.05, 0) is 45.4 Å². The predicted molar refractivity (Wildman–Crippen MR) is 105 cm³/mol. The minimum atomic E-state index is 0.0222. The number of carbonyl (C=O) groups excluding carboxylic acids is 1. The summed E-state index contributed by atoms with van der Waals surface area (Å²) in [4.78, 5) is 16.9. The van der Waals surface area contributed by atoms with Crippen LogP contribution in [0, 0.1) is 13.8 Å². The van der Waals surface area contributed by atoms with Crippen molar-refractivity contribution in [2.24, 2.45) is 0 Å². The molecule has 1 N–H and O–H groups in total. The minimum Gasteiger partial charge on any atom is -0.370 e. The first kappa shape index (κ1) is 18.3. The minimum absolute atomic E-state index is 0.0222. The van der Waals surface area contributed by atoms with E-state index in [1.807, 2.05) is 36.4 Å². The van der Waals surface area contributed by atoms with E-state index in [1.165, 1.54) is 5.69 Å². The van der Waals surface area contributed by atoms with Gasteiger partial charge in [-0.25, -0.2) is 4.79 Å². The Morgan fingerprint density at radius 3 is 2.62 bits per heavy atom. The first-order chi connectivity index (χ1) is 12.5. The van der Waals surface area contributed by atoms with Crippen LogP contribution in [0.25, 0.3) is 0 Å². The topological polar surface area (TPSA) is 53.4 Å². The Kier molecular flexibility index (Phi) is 5.81. The SMILES string of the molecule is Cc1cc(C)n(C[C@H](C)NC(=O)N2CCCN(c3ccccc3)CC2)n1. The molecule has 1 aromatic heterocycles. The van der Waals surface area contributed by atoms with Crippen molar-refractivity contribution in [1.82, 2.24) is 20.0 Å². The van der Waals surface area contributed by atoms with Gasteiger partial charge in [-0.3, -0.25) is 4.68 Å². The standard InChI is InChI=1S/C20H29N5O/c1-16-14-18(3)25(22-16)15-17(2)21-20(26)24-11-7-10-23(12-13-24)19-8-5-4-6-9-19/h4-6,8-9,14,17H,7,10-13,15H2,1-3H3,(H,21,26)/t17-/m0/s1. The van der Waals surface area contributed by atoms with Crippen molar-refractivity contribution in [2.45, 2.75) is 39.8 Å². The van der Waals surface area contributed by atoms with Crippen molar-refractivity contribution in [1.29, 1.82) is 0 Å². The van der Waals surface area contributed by atoms with E-state index in [0.29, 0.717) is 6.54 Å². The van der Waals surface area contributed by atoms with Gasteiger partial charge in [0.1, 0.15) is 0 Å². The van der Waals surface area contributed by atoms with Gasteiger partial charge >= 0.3 is 6.03 Å². The molecule has 2 heterocycles. The molecule has 2 aromatic rings. The molecule has 1 fully saturated rings. The fourth-order valence-corrected chi connectivity index (χ4v) is 3.48. The monoisotopic (exact) mass is 355 g/mol. The zero-order valence-electron chi connectivity index (χ0n) is 16.0. The highest BCUT2D eigenvalue weighted by atomic mass is 16.2. The molecule has 6 nitrogen and oxygen atoms in total. The van der Waals surface area contributed by atoms with Crippen LogP contribution < -0.4 is 10.2 Å². The van der Waals surface area contributed by atoms with E-state index in [4.69, 9.17) is 0 Å². The molecule has 1 atom stereocenters. The van der Waals surface area contributed by atoms with Crippen molar-refractivity contribution in [2.75, 3.05) is 31.1 Å². The Bertz CT molecular complexity index is 727. The molecule has 0 bridgehead atoms. The second-order valence-electron chi connectivity index (χ2n) is 7.12. The van der Waals surface area contributed by atoms with E-state index >= 15 is 0 Å². The fourth-order valence-electron chi connectivity index (χ4n) is 3.48. The molecule has 0 saturated carbocycles. The zero-order valence-corrected chi connectivity index (χ0v) is 16.0. The molecule has 1 saturated heterocycles. The van der Waals surface area contributed by atoms with Gasteiger partial charge in [-0.15, -0.1) is 0 Å². The van der Waals surface area contributed by atoms with Crippen LogP contribution in [0.1, 0.15) is 24.7 Å². The summed E-state index contributed by atoms with van der Waals surface area (Å²) < 4.78 is 1.96. The van der Waals surface area contributed by atoms with Gasteiger partial charge < -0.3 is 15.1 Å². The van der Waals surface area contributed by atoms with Crippen molar-refractivity contribution < 1.29 is 4.79 Å². The van der Waals surface area contributed by atoms with Crippen LogP contribution in [0.3, 0.4) is 0 Å². The molecule has 26 heavy (non-hydrogen) atoms. The lowest BCUT2D eigenvalue weighted by molar-refractivity contribution is 0.196. The van der Waals surface area contributed by atoms with Crippen LogP contribution in [0.4, 0.5) is 10.5 Å². The van der Waals surface area contributed by atoms with Gasteiger partial charge in [-0.2, -0.15) is 5.10 Å². The van der Waals surface area contributed by atoms with Crippen LogP contribution in [0.15, 0.2) is 36.4 Å². The maximum atomic E-state index is 12.7. The Labute approximate surface area is 155 Å². The Balaban J connectivity index is 1.52. The highest BCUT2D eigenvalue weighted by Gasteiger charge is 2.20. The third-order valence-electron chi connectivity index (χ3n) is 4.82. The summed E-state index contributed by atoms with van der Waals surface area (Å²) in [5, 5.41) is 7.60. The number of rotatable bonds is 4. The number of carbonyl (C=O) groups is 1. The molecular formula is C20H29N5O. The third kappa shape index (κ3) is 4.56. The Morgan fingerprint density at radius 1 is 1.15 bits per heavy atom. The second kappa shape index (κ2) is 8.25. The van der Waals surface area contributed by atoms with Gasteiger partial charge in [0.05, 0.1) is 12.2 Å². The lowest BCUT2D eigenvalue weighted by Crippen LogP contribution is -2.46. The molecule has 0 aliphatic carbocycles. The van der Waals surface area contributed by atoms with E-state index in [-0.39, 0.29) is 12.1 Å². The number of amides is 2. The van der Waals surface area contributed by atoms with Crippen LogP contribution >= 0.6 is 0 Å². The fraction of sp³-hybridized carbons (Fsp3) is 0.500. The molecule has 0 unspecified atom stereocenters. The van der Waals surface area contributed by atoms with E-state index in [9.17, 15) is 4.79 Å². The van der Waals surface area contributed by atoms with Gasteiger partial charge in [-0.1, -0.05) is 18.2 Å². The van der Waals surface area contributed by atoms with Crippen molar-refractivity contribution in [3.8, 4) is 0 Å². The lowest BCUT2D eigenvalue weighted by Gasteiger charge is -2.25. The average Bonchev–Trinajstić information content (AvgIpc) is 2.82. The average molecular weight is 355 g/mol. The summed E-state index contributed by atoms with van der Waals surface area (Å²) in [6, 6.07) is 12.5. The number of hydrogen-bond donors (Lipinski definition) is 1. The van der Waals surface area contributed by atoms with Crippen molar-refractivity contribution in [3.63, 3.8) is 0 Å². The first-order valence-electron chi connectivity index (χ1n) is 9.39. The Morgan fingerprint density at radius 2 is 1.92 bits per heavy atom. The number of benzene rings is 1. The third-order valence-corrected chi connectivity index (χ3v) is 4.82. The summed E-state index contributed by atoms with van der Waals surface area (Å²) in [5.41, 5.74) is 3.36. The van der Waals surface area contributed by atoms with E-state index in [0.717, 1.165) is 44.0 Å². The number of anilines is 1. The summed E-state index contributed by atoms with van der Waals surface area (Å²) in [6.07, 6.45) is 0.980. The van der Waals surface area contributed by atoms with E-state index in [1.54, 1.807) is 0 Å². The molecule has 3 rings (SSSR count). The number of aromatic nitrogens is 2. The number of para-hydroxylation sites is 1.